The Balaban J connectivity index is 1.84. The summed E-state index contributed by atoms with van der Waals surface area (Å²) in [7, 11) is 0.822. The van der Waals surface area contributed by atoms with Gasteiger partial charge in [-0.3, -0.25) is 13.8 Å². The lowest BCUT2D eigenvalue weighted by atomic mass is 9.95. The molecule has 5 nitrogen and oxygen atoms in total. The van der Waals surface area contributed by atoms with E-state index in [1.807, 2.05) is 13.0 Å². The van der Waals surface area contributed by atoms with Gasteiger partial charge in [0.2, 0.25) is 5.91 Å². The standard InChI is InChI=1S/C16H23BrN2O3S2/c1-3-24(22)12-6-4-5-11(9-12)18-15(20)10-19(2)16(21)13-7-8-14(17)23-13/h7-8,11-12H,3-6,9-10H2,1-2H3,(H,18,20)/t11-,12+,24+/m1/s1. The van der Waals surface area contributed by atoms with Gasteiger partial charge in [0.15, 0.2) is 0 Å². The van der Waals surface area contributed by atoms with Gasteiger partial charge >= 0.3 is 0 Å². The first kappa shape index (κ1) is 19.6. The number of likely N-dealkylation sites (N-methyl/N-ethyl adjacent to an activating group) is 1. The molecule has 3 atom stereocenters. The molecule has 1 fully saturated rings. The van der Waals surface area contributed by atoms with Crippen LogP contribution in [0.3, 0.4) is 0 Å². The zero-order valence-electron chi connectivity index (χ0n) is 13.9. The van der Waals surface area contributed by atoms with E-state index in [2.05, 4.69) is 21.2 Å². The van der Waals surface area contributed by atoms with Crippen LogP contribution >= 0.6 is 27.3 Å². The summed E-state index contributed by atoms with van der Waals surface area (Å²) in [5.74, 6) is 0.350. The molecule has 1 aromatic heterocycles. The summed E-state index contributed by atoms with van der Waals surface area (Å²) in [4.78, 5) is 26.5. The summed E-state index contributed by atoms with van der Waals surface area (Å²) in [6, 6.07) is 3.63. The zero-order valence-corrected chi connectivity index (χ0v) is 17.1. The molecule has 1 saturated carbocycles. The van der Waals surface area contributed by atoms with Gasteiger partial charge in [0.05, 0.1) is 15.2 Å². The maximum atomic E-state index is 12.3. The SMILES string of the molecule is CC[S@](=O)[C@H]1CCC[C@@H](NC(=O)CN(C)C(=O)c2ccc(Br)s2)C1. The number of amides is 2. The van der Waals surface area contributed by atoms with Gasteiger partial charge in [-0.25, -0.2) is 0 Å². The third-order valence-corrected chi connectivity index (χ3v) is 7.51. The fourth-order valence-corrected chi connectivity index (χ4v) is 5.66. The minimum atomic E-state index is -0.809. The molecule has 2 rings (SSSR count). The van der Waals surface area contributed by atoms with Crippen LogP contribution < -0.4 is 5.32 Å². The predicted molar refractivity (Wildman–Crippen MR) is 102 cm³/mol. The van der Waals surface area contributed by atoms with E-state index in [-0.39, 0.29) is 29.7 Å². The Morgan fingerprint density at radius 1 is 1.42 bits per heavy atom. The van der Waals surface area contributed by atoms with Crippen LogP contribution in [0.1, 0.15) is 42.3 Å². The highest BCUT2D eigenvalue weighted by Gasteiger charge is 2.27. The van der Waals surface area contributed by atoms with Crippen LogP contribution in [0.25, 0.3) is 0 Å². The zero-order chi connectivity index (χ0) is 17.7. The number of halogens is 1. The Hall–Kier alpha value is -0.730. The molecule has 0 aromatic carbocycles. The van der Waals surface area contributed by atoms with Crippen molar-refractivity contribution in [2.75, 3.05) is 19.3 Å². The summed E-state index contributed by atoms with van der Waals surface area (Å²) in [6.07, 6.45) is 3.64. The quantitative estimate of drug-likeness (QED) is 0.748. The molecule has 1 aliphatic rings. The first-order valence-electron chi connectivity index (χ1n) is 8.08. The van der Waals surface area contributed by atoms with Gasteiger partial charge in [0.25, 0.3) is 5.91 Å². The second kappa shape index (κ2) is 9.10. The molecule has 2 amide bonds. The van der Waals surface area contributed by atoms with Crippen LogP contribution in [-0.4, -0.2) is 51.6 Å². The lowest BCUT2D eigenvalue weighted by molar-refractivity contribution is -0.122. The van der Waals surface area contributed by atoms with E-state index in [0.717, 1.165) is 29.5 Å². The maximum absolute atomic E-state index is 12.3. The van der Waals surface area contributed by atoms with Crippen LogP contribution in [0.2, 0.25) is 0 Å². The number of nitrogens with zero attached hydrogens (tertiary/aromatic N) is 1. The molecule has 134 valence electrons. The van der Waals surface area contributed by atoms with E-state index in [4.69, 9.17) is 0 Å². The number of rotatable bonds is 6. The minimum absolute atomic E-state index is 0.0341. The van der Waals surface area contributed by atoms with Gasteiger partial charge < -0.3 is 10.2 Å². The van der Waals surface area contributed by atoms with Crippen LogP contribution in [-0.2, 0) is 15.6 Å². The molecule has 1 heterocycles. The number of nitrogens with one attached hydrogen (secondary N) is 1. The second-order valence-electron chi connectivity index (χ2n) is 5.99. The molecule has 24 heavy (non-hydrogen) atoms. The van der Waals surface area contributed by atoms with Crippen molar-refractivity contribution in [3.05, 3.63) is 20.8 Å². The fraction of sp³-hybridized carbons (Fsp3) is 0.625. The highest BCUT2D eigenvalue weighted by molar-refractivity contribution is 9.11. The van der Waals surface area contributed by atoms with Crippen molar-refractivity contribution in [3.63, 3.8) is 0 Å². The summed E-state index contributed by atoms with van der Waals surface area (Å²) in [5.41, 5.74) is 0. The van der Waals surface area contributed by atoms with Gasteiger partial charge in [0, 0.05) is 34.9 Å². The molecule has 0 spiro atoms. The average molecular weight is 435 g/mol. The van der Waals surface area contributed by atoms with Gasteiger partial charge in [0.1, 0.15) is 0 Å². The Morgan fingerprint density at radius 2 is 2.17 bits per heavy atom. The fourth-order valence-electron chi connectivity index (χ4n) is 2.93. The van der Waals surface area contributed by atoms with Crippen molar-refractivity contribution in [3.8, 4) is 0 Å². The molecule has 1 aromatic rings. The third kappa shape index (κ3) is 5.39. The second-order valence-corrected chi connectivity index (χ2v) is 10.5. The Bertz CT molecular complexity index is 620. The molecule has 1 N–H and O–H groups in total. The Morgan fingerprint density at radius 3 is 2.79 bits per heavy atom. The van der Waals surface area contributed by atoms with E-state index in [1.165, 1.54) is 16.2 Å². The van der Waals surface area contributed by atoms with Crippen molar-refractivity contribution >= 4 is 49.9 Å². The normalized spacial score (nSPS) is 22.0. The van der Waals surface area contributed by atoms with Crippen LogP contribution in [0.5, 0.6) is 0 Å². The third-order valence-electron chi connectivity index (χ3n) is 4.16. The first-order chi connectivity index (χ1) is 11.4. The van der Waals surface area contributed by atoms with Gasteiger partial charge in [-0.05, 0) is 47.3 Å². The molecule has 8 heteroatoms. The average Bonchev–Trinajstić information content (AvgIpc) is 2.99. The van der Waals surface area contributed by atoms with Gasteiger partial charge in [-0.15, -0.1) is 11.3 Å². The molecule has 0 bridgehead atoms. The summed E-state index contributed by atoms with van der Waals surface area (Å²) in [5, 5.41) is 3.17. The number of carbonyl (C=O) groups is 2. The topological polar surface area (TPSA) is 66.5 Å². The smallest absolute Gasteiger partial charge is 0.264 e. The van der Waals surface area contributed by atoms with Crippen LogP contribution in [0.15, 0.2) is 15.9 Å². The lowest BCUT2D eigenvalue weighted by Crippen LogP contribution is -2.45. The Labute approximate surface area is 157 Å². The number of thiophene rings is 1. The molecule has 1 aliphatic carbocycles. The van der Waals surface area contributed by atoms with Crippen molar-refractivity contribution in [2.45, 2.75) is 43.9 Å². The summed E-state index contributed by atoms with van der Waals surface area (Å²) < 4.78 is 12.9. The van der Waals surface area contributed by atoms with Crippen molar-refractivity contribution in [1.82, 2.24) is 10.2 Å². The van der Waals surface area contributed by atoms with Crippen molar-refractivity contribution < 1.29 is 13.8 Å². The van der Waals surface area contributed by atoms with E-state index >= 15 is 0 Å². The van der Waals surface area contributed by atoms with E-state index < -0.39 is 10.8 Å². The number of hydrogen-bond donors (Lipinski definition) is 1. The van der Waals surface area contributed by atoms with Crippen molar-refractivity contribution in [1.29, 1.82) is 0 Å². The molecule has 0 radical (unpaired) electrons. The highest BCUT2D eigenvalue weighted by Crippen LogP contribution is 2.24. The number of hydrogen-bond acceptors (Lipinski definition) is 4. The predicted octanol–water partition coefficient (Wildman–Crippen LogP) is 2.78. The Kier molecular flexibility index (Phi) is 7.43. The lowest BCUT2D eigenvalue weighted by Gasteiger charge is -2.29. The maximum Gasteiger partial charge on any atom is 0.264 e. The monoisotopic (exact) mass is 434 g/mol. The largest absolute Gasteiger partial charge is 0.352 e. The van der Waals surface area contributed by atoms with Gasteiger partial charge in [-0.2, -0.15) is 0 Å². The molecular formula is C16H23BrN2O3S2. The molecule has 0 saturated heterocycles. The van der Waals surface area contributed by atoms with Crippen LogP contribution in [0, 0.1) is 0 Å². The van der Waals surface area contributed by atoms with Gasteiger partial charge in [-0.1, -0.05) is 13.3 Å². The molecular weight excluding hydrogens is 412 g/mol. The van der Waals surface area contributed by atoms with Crippen LogP contribution in [0.4, 0.5) is 0 Å². The minimum Gasteiger partial charge on any atom is -0.352 e. The van der Waals surface area contributed by atoms with E-state index in [1.54, 1.807) is 13.1 Å². The summed E-state index contributed by atoms with van der Waals surface area (Å²) in [6.45, 7) is 1.97. The van der Waals surface area contributed by atoms with Crippen molar-refractivity contribution in [2.24, 2.45) is 0 Å². The molecule has 0 aliphatic heterocycles. The number of carbonyl (C=O) groups excluding carboxylic acids is 2. The first-order valence-corrected chi connectivity index (χ1v) is 11.1. The van der Waals surface area contributed by atoms with E-state index in [9.17, 15) is 13.8 Å². The van der Waals surface area contributed by atoms with E-state index in [0.29, 0.717) is 10.6 Å². The molecule has 0 unspecified atom stereocenters. The summed E-state index contributed by atoms with van der Waals surface area (Å²) >= 11 is 4.69. The highest BCUT2D eigenvalue weighted by atomic mass is 79.9.